The van der Waals surface area contributed by atoms with Gasteiger partial charge in [-0.05, 0) is 64.0 Å². The van der Waals surface area contributed by atoms with Gasteiger partial charge in [-0.2, -0.15) is 0 Å². The molecule has 4 heterocycles. The van der Waals surface area contributed by atoms with Crippen LogP contribution in [0.15, 0.2) is 42.0 Å². The van der Waals surface area contributed by atoms with Crippen LogP contribution in [0.25, 0.3) is 6.08 Å². The lowest BCUT2D eigenvalue weighted by Gasteiger charge is -2.35. The number of ether oxygens (including phenoxy) is 5. The fourth-order valence-corrected chi connectivity index (χ4v) is 4.90. The summed E-state index contributed by atoms with van der Waals surface area (Å²) in [6, 6.07) is 8.12. The Morgan fingerprint density at radius 1 is 1.03 bits per heavy atom. The van der Waals surface area contributed by atoms with E-state index >= 15 is 0 Å². The molecule has 4 aliphatic rings. The maximum absolute atomic E-state index is 6.42. The summed E-state index contributed by atoms with van der Waals surface area (Å²) in [4.78, 5) is 0. The van der Waals surface area contributed by atoms with Crippen LogP contribution in [0.5, 0.6) is 28.7 Å². The van der Waals surface area contributed by atoms with E-state index in [4.69, 9.17) is 23.7 Å². The molecular formula is C26H26O5. The second-order valence-electron chi connectivity index (χ2n) is 9.16. The summed E-state index contributed by atoms with van der Waals surface area (Å²) in [5.41, 5.74) is 4.21. The number of fused-ring (bicyclic) bond motifs is 8. The van der Waals surface area contributed by atoms with Crippen LogP contribution in [0.1, 0.15) is 62.3 Å². The average Bonchev–Trinajstić information content (AvgIpc) is 3.34. The van der Waals surface area contributed by atoms with Crippen LogP contribution in [-0.2, 0) is 0 Å². The Balaban J connectivity index is 1.30. The van der Waals surface area contributed by atoms with Crippen molar-refractivity contribution in [1.82, 2.24) is 0 Å². The Labute approximate surface area is 182 Å². The van der Waals surface area contributed by atoms with Crippen LogP contribution in [0.3, 0.4) is 0 Å². The van der Waals surface area contributed by atoms with E-state index < -0.39 is 0 Å². The monoisotopic (exact) mass is 418 g/mol. The van der Waals surface area contributed by atoms with Gasteiger partial charge in [-0.1, -0.05) is 11.6 Å². The van der Waals surface area contributed by atoms with Gasteiger partial charge in [0.05, 0.1) is 18.1 Å². The number of allylic oxidation sites excluding steroid dienone is 2. The SMILES string of the molecule is CC(C)=CCC[C@@]1(C)C=Cc2c(ccc3c2OC[C@H]2c4cc5c(cc4O[C@@H]32)OCO5)O1. The van der Waals surface area contributed by atoms with E-state index in [1.807, 2.05) is 12.1 Å². The van der Waals surface area contributed by atoms with E-state index in [0.717, 1.165) is 58.3 Å². The third-order valence-corrected chi connectivity index (χ3v) is 6.56. The Kier molecular flexibility index (Phi) is 4.04. The third-order valence-electron chi connectivity index (χ3n) is 6.56. The molecule has 0 aliphatic carbocycles. The molecule has 5 nitrogen and oxygen atoms in total. The molecule has 0 spiro atoms. The van der Waals surface area contributed by atoms with Crippen molar-refractivity contribution in [2.75, 3.05) is 13.4 Å². The van der Waals surface area contributed by atoms with Gasteiger partial charge in [0.15, 0.2) is 11.5 Å². The Morgan fingerprint density at radius 2 is 1.87 bits per heavy atom. The first-order chi connectivity index (χ1) is 15.0. The summed E-state index contributed by atoms with van der Waals surface area (Å²) < 4.78 is 30.2. The molecule has 0 saturated carbocycles. The van der Waals surface area contributed by atoms with Gasteiger partial charge in [0.25, 0.3) is 0 Å². The second-order valence-corrected chi connectivity index (χ2v) is 9.16. The summed E-state index contributed by atoms with van der Waals surface area (Å²) in [6.07, 6.45) is 8.42. The molecule has 2 aromatic carbocycles. The summed E-state index contributed by atoms with van der Waals surface area (Å²) in [7, 11) is 0. The van der Waals surface area contributed by atoms with E-state index in [1.54, 1.807) is 0 Å². The standard InChI is InChI=1S/C26H26O5/c1-15(2)5-4-9-26(3)10-8-16-20(31-26)7-6-17-24(16)27-13-19-18-11-22-23(29-14-28-22)12-21(18)30-25(17)19/h5-8,10-12,19,25H,4,9,13-14H2,1-3H3/t19-,25-,26-/m0/s1. The van der Waals surface area contributed by atoms with Crippen molar-refractivity contribution < 1.29 is 23.7 Å². The molecule has 160 valence electrons. The maximum Gasteiger partial charge on any atom is 0.231 e. The zero-order chi connectivity index (χ0) is 21.2. The molecule has 6 rings (SSSR count). The quantitative estimate of drug-likeness (QED) is 0.578. The topological polar surface area (TPSA) is 46.2 Å². The number of hydrogen-bond donors (Lipinski definition) is 0. The molecule has 0 unspecified atom stereocenters. The van der Waals surface area contributed by atoms with Crippen molar-refractivity contribution in [3.63, 3.8) is 0 Å². The molecular weight excluding hydrogens is 392 g/mol. The minimum atomic E-state index is -0.314. The fourth-order valence-electron chi connectivity index (χ4n) is 4.90. The Morgan fingerprint density at radius 3 is 2.71 bits per heavy atom. The minimum Gasteiger partial charge on any atom is -0.492 e. The van der Waals surface area contributed by atoms with Crippen molar-refractivity contribution in [3.05, 3.63) is 58.7 Å². The highest BCUT2D eigenvalue weighted by Gasteiger charge is 2.43. The molecule has 0 bridgehead atoms. The number of rotatable bonds is 3. The minimum absolute atomic E-state index is 0.0778. The van der Waals surface area contributed by atoms with Crippen LogP contribution in [0.2, 0.25) is 0 Å². The third kappa shape index (κ3) is 2.98. The Hall–Kier alpha value is -3.08. The molecule has 0 aromatic heterocycles. The highest BCUT2D eigenvalue weighted by atomic mass is 16.7. The predicted molar refractivity (Wildman–Crippen MR) is 117 cm³/mol. The molecule has 31 heavy (non-hydrogen) atoms. The van der Waals surface area contributed by atoms with Gasteiger partial charge in [-0.15, -0.1) is 0 Å². The van der Waals surface area contributed by atoms with E-state index in [0.29, 0.717) is 6.61 Å². The molecule has 0 fully saturated rings. The number of benzene rings is 2. The van der Waals surface area contributed by atoms with Gasteiger partial charge in [0, 0.05) is 17.2 Å². The summed E-state index contributed by atoms with van der Waals surface area (Å²) in [6.45, 7) is 7.22. The smallest absolute Gasteiger partial charge is 0.231 e. The van der Waals surface area contributed by atoms with Crippen LogP contribution in [0.4, 0.5) is 0 Å². The molecule has 4 aliphatic heterocycles. The van der Waals surface area contributed by atoms with E-state index in [-0.39, 0.29) is 24.4 Å². The first-order valence-electron chi connectivity index (χ1n) is 10.9. The first kappa shape index (κ1) is 18.7. The van der Waals surface area contributed by atoms with Gasteiger partial charge < -0.3 is 23.7 Å². The molecule has 2 aromatic rings. The average molecular weight is 418 g/mol. The maximum atomic E-state index is 6.42. The van der Waals surface area contributed by atoms with Crippen LogP contribution in [-0.4, -0.2) is 19.0 Å². The fraction of sp³-hybridized carbons (Fsp3) is 0.385. The summed E-state index contributed by atoms with van der Waals surface area (Å²) in [5, 5.41) is 0. The lowest BCUT2D eigenvalue weighted by Crippen LogP contribution is -2.32. The van der Waals surface area contributed by atoms with Crippen molar-refractivity contribution in [2.45, 2.75) is 51.2 Å². The Bertz CT molecular complexity index is 1130. The number of hydrogen-bond acceptors (Lipinski definition) is 5. The lowest BCUT2D eigenvalue weighted by atomic mass is 9.87. The molecule has 3 atom stereocenters. The van der Waals surface area contributed by atoms with E-state index in [1.165, 1.54) is 5.57 Å². The summed E-state index contributed by atoms with van der Waals surface area (Å²) >= 11 is 0. The van der Waals surface area contributed by atoms with Crippen molar-refractivity contribution >= 4 is 6.08 Å². The largest absolute Gasteiger partial charge is 0.492 e. The van der Waals surface area contributed by atoms with E-state index in [2.05, 4.69) is 51.1 Å². The van der Waals surface area contributed by atoms with Crippen molar-refractivity contribution in [2.24, 2.45) is 0 Å². The molecule has 0 radical (unpaired) electrons. The first-order valence-corrected chi connectivity index (χ1v) is 10.9. The highest BCUT2D eigenvalue weighted by molar-refractivity contribution is 5.71. The molecule has 0 amide bonds. The lowest BCUT2D eigenvalue weighted by molar-refractivity contribution is 0.121. The van der Waals surface area contributed by atoms with Crippen molar-refractivity contribution in [1.29, 1.82) is 0 Å². The van der Waals surface area contributed by atoms with Gasteiger partial charge in [0.1, 0.15) is 29.0 Å². The van der Waals surface area contributed by atoms with Gasteiger partial charge in [-0.25, -0.2) is 0 Å². The predicted octanol–water partition coefficient (Wildman–Crippen LogP) is 5.94. The van der Waals surface area contributed by atoms with Gasteiger partial charge in [-0.3, -0.25) is 0 Å². The van der Waals surface area contributed by atoms with Gasteiger partial charge in [0.2, 0.25) is 6.79 Å². The highest BCUT2D eigenvalue weighted by Crippen LogP contribution is 2.56. The van der Waals surface area contributed by atoms with E-state index in [9.17, 15) is 0 Å². The van der Waals surface area contributed by atoms with Crippen LogP contribution >= 0.6 is 0 Å². The van der Waals surface area contributed by atoms with Gasteiger partial charge >= 0.3 is 0 Å². The second kappa shape index (κ2) is 6.71. The normalized spacial score (nSPS) is 25.9. The summed E-state index contributed by atoms with van der Waals surface area (Å²) in [5.74, 6) is 4.26. The zero-order valence-electron chi connectivity index (χ0n) is 18.1. The van der Waals surface area contributed by atoms with Crippen LogP contribution in [0, 0.1) is 0 Å². The molecule has 0 saturated heterocycles. The molecule has 0 N–H and O–H groups in total. The van der Waals surface area contributed by atoms with Crippen LogP contribution < -0.4 is 23.7 Å². The molecule has 5 heteroatoms. The van der Waals surface area contributed by atoms with Crippen molar-refractivity contribution in [3.8, 4) is 28.7 Å². The zero-order valence-corrected chi connectivity index (χ0v) is 18.1.